The first-order chi connectivity index (χ1) is 11.1. The lowest BCUT2D eigenvalue weighted by molar-refractivity contribution is -0.150. The lowest BCUT2D eigenvalue weighted by Crippen LogP contribution is -2.35. The zero-order valence-electron chi connectivity index (χ0n) is 14.0. The molecule has 1 aromatic heterocycles. The van der Waals surface area contributed by atoms with Crippen molar-refractivity contribution in [2.24, 2.45) is 0 Å². The first kappa shape index (κ1) is 15.6. The van der Waals surface area contributed by atoms with Gasteiger partial charge in [-0.15, -0.1) is 0 Å². The maximum Gasteiger partial charge on any atom is 0.318 e. The summed E-state index contributed by atoms with van der Waals surface area (Å²) in [7, 11) is 0. The van der Waals surface area contributed by atoms with Gasteiger partial charge in [-0.2, -0.15) is 5.26 Å². The van der Waals surface area contributed by atoms with Crippen LogP contribution in [0, 0.1) is 18.3 Å². The van der Waals surface area contributed by atoms with Gasteiger partial charge in [-0.1, -0.05) is 19.4 Å². The van der Waals surface area contributed by atoms with Gasteiger partial charge in [0.1, 0.15) is 5.41 Å². The summed E-state index contributed by atoms with van der Waals surface area (Å²) in [5, 5.41) is 10.4. The number of benzene rings is 1. The Kier molecular flexibility index (Phi) is 3.89. The van der Waals surface area contributed by atoms with E-state index in [9.17, 15) is 10.1 Å². The van der Waals surface area contributed by atoms with E-state index in [1.807, 2.05) is 26.0 Å². The number of nitriles is 1. The summed E-state index contributed by atoms with van der Waals surface area (Å²) in [6.45, 7) is 6.35. The van der Waals surface area contributed by atoms with Crippen molar-refractivity contribution < 1.29 is 9.53 Å². The molecule has 1 heterocycles. The van der Waals surface area contributed by atoms with Crippen LogP contribution in [0.5, 0.6) is 0 Å². The Morgan fingerprint density at radius 2 is 2.22 bits per heavy atom. The fourth-order valence-electron chi connectivity index (χ4n) is 3.97. The second-order valence-corrected chi connectivity index (χ2v) is 6.32. The second-order valence-electron chi connectivity index (χ2n) is 6.32. The summed E-state index contributed by atoms with van der Waals surface area (Å²) in [6.07, 6.45) is 3.26. The fraction of sp³-hybridized carbons (Fsp3) is 0.474. The van der Waals surface area contributed by atoms with Crippen molar-refractivity contribution in [3.8, 4) is 6.07 Å². The molecule has 0 saturated carbocycles. The van der Waals surface area contributed by atoms with Crippen LogP contribution in [0.4, 0.5) is 0 Å². The van der Waals surface area contributed by atoms with E-state index in [1.165, 1.54) is 0 Å². The average Bonchev–Trinajstić information content (AvgIpc) is 3.08. The number of H-pyrrole nitrogens is 1. The van der Waals surface area contributed by atoms with Crippen molar-refractivity contribution in [3.05, 3.63) is 34.5 Å². The number of carbonyl (C=O) groups excluding carboxylic acids is 1. The number of aromatic amines is 1. The highest BCUT2D eigenvalue weighted by Crippen LogP contribution is 2.47. The molecule has 3 rings (SSSR count). The van der Waals surface area contributed by atoms with Crippen molar-refractivity contribution in [2.45, 2.75) is 51.9 Å². The maximum absolute atomic E-state index is 12.7. The molecule has 0 bridgehead atoms. The van der Waals surface area contributed by atoms with Gasteiger partial charge in [0.2, 0.25) is 0 Å². The molecule has 0 saturated heterocycles. The van der Waals surface area contributed by atoms with Crippen molar-refractivity contribution in [3.63, 3.8) is 0 Å². The van der Waals surface area contributed by atoms with Gasteiger partial charge in [-0.25, -0.2) is 0 Å². The second kappa shape index (κ2) is 5.73. The molecule has 0 fully saturated rings. The van der Waals surface area contributed by atoms with E-state index in [0.29, 0.717) is 12.2 Å². The third kappa shape index (κ3) is 2.15. The van der Waals surface area contributed by atoms with Crippen LogP contribution in [0.15, 0.2) is 12.1 Å². The number of aromatic nitrogens is 1. The minimum absolute atomic E-state index is 0.136. The molecule has 1 N–H and O–H groups in total. The molecule has 0 amide bonds. The number of hydrogen-bond acceptors (Lipinski definition) is 3. The molecule has 4 nitrogen and oxygen atoms in total. The van der Waals surface area contributed by atoms with Gasteiger partial charge in [-0.3, -0.25) is 4.79 Å². The Hall–Kier alpha value is -2.28. The van der Waals surface area contributed by atoms with E-state index in [2.05, 4.69) is 18.0 Å². The van der Waals surface area contributed by atoms with Gasteiger partial charge in [0.05, 0.1) is 23.8 Å². The SMILES string of the molecule is CCCC1(C(=O)OCC)CCc2c1[nH]c1c(C)ccc(C#N)c21. The van der Waals surface area contributed by atoms with Crippen LogP contribution >= 0.6 is 0 Å². The van der Waals surface area contributed by atoms with Crippen LogP contribution < -0.4 is 0 Å². The molecule has 0 aliphatic heterocycles. The van der Waals surface area contributed by atoms with Gasteiger partial charge >= 0.3 is 5.97 Å². The number of ether oxygens (including phenoxy) is 1. The smallest absolute Gasteiger partial charge is 0.318 e. The molecule has 1 unspecified atom stereocenters. The predicted octanol–water partition coefficient (Wildman–Crippen LogP) is 3.90. The van der Waals surface area contributed by atoms with E-state index in [1.54, 1.807) is 0 Å². The molecule has 1 aromatic carbocycles. The van der Waals surface area contributed by atoms with Crippen LogP contribution in [0.3, 0.4) is 0 Å². The topological polar surface area (TPSA) is 65.9 Å². The molecular weight excluding hydrogens is 288 g/mol. The van der Waals surface area contributed by atoms with Gasteiger partial charge in [-0.05, 0) is 50.3 Å². The van der Waals surface area contributed by atoms with E-state index >= 15 is 0 Å². The Labute approximate surface area is 136 Å². The number of fused-ring (bicyclic) bond motifs is 3. The summed E-state index contributed by atoms with van der Waals surface area (Å²) in [4.78, 5) is 16.2. The summed E-state index contributed by atoms with van der Waals surface area (Å²) in [5.41, 5.74) is 4.28. The summed E-state index contributed by atoms with van der Waals surface area (Å²) in [6, 6.07) is 6.12. The van der Waals surface area contributed by atoms with Crippen LogP contribution in [0.2, 0.25) is 0 Å². The van der Waals surface area contributed by atoms with Crippen LogP contribution in [-0.4, -0.2) is 17.6 Å². The van der Waals surface area contributed by atoms with E-state index in [4.69, 9.17) is 4.74 Å². The summed E-state index contributed by atoms with van der Waals surface area (Å²) in [5.74, 6) is -0.136. The highest BCUT2D eigenvalue weighted by atomic mass is 16.5. The number of aryl methyl sites for hydroxylation is 2. The lowest BCUT2D eigenvalue weighted by Gasteiger charge is -2.26. The molecule has 23 heavy (non-hydrogen) atoms. The average molecular weight is 310 g/mol. The van der Waals surface area contributed by atoms with Gasteiger partial charge in [0.15, 0.2) is 0 Å². The minimum Gasteiger partial charge on any atom is -0.465 e. The molecule has 2 aromatic rings. The highest BCUT2D eigenvalue weighted by molar-refractivity contribution is 5.96. The molecule has 4 heteroatoms. The number of esters is 1. The zero-order valence-corrected chi connectivity index (χ0v) is 14.0. The minimum atomic E-state index is -0.585. The first-order valence-corrected chi connectivity index (χ1v) is 8.31. The largest absolute Gasteiger partial charge is 0.465 e. The van der Waals surface area contributed by atoms with Crippen molar-refractivity contribution in [1.82, 2.24) is 4.98 Å². The van der Waals surface area contributed by atoms with Gasteiger partial charge in [0.25, 0.3) is 0 Å². The number of carbonyl (C=O) groups is 1. The van der Waals surface area contributed by atoms with Gasteiger partial charge < -0.3 is 9.72 Å². The summed E-state index contributed by atoms with van der Waals surface area (Å²) >= 11 is 0. The van der Waals surface area contributed by atoms with Crippen LogP contribution in [-0.2, 0) is 21.4 Å². The van der Waals surface area contributed by atoms with E-state index in [-0.39, 0.29) is 5.97 Å². The monoisotopic (exact) mass is 310 g/mol. The quantitative estimate of drug-likeness (QED) is 0.871. The van der Waals surface area contributed by atoms with E-state index < -0.39 is 5.41 Å². The third-order valence-electron chi connectivity index (χ3n) is 5.01. The predicted molar refractivity (Wildman–Crippen MR) is 89.3 cm³/mol. The molecule has 1 aliphatic carbocycles. The summed E-state index contributed by atoms with van der Waals surface area (Å²) < 4.78 is 5.40. The molecule has 120 valence electrons. The molecule has 1 atom stereocenters. The van der Waals surface area contributed by atoms with Crippen molar-refractivity contribution >= 4 is 16.9 Å². The Morgan fingerprint density at radius 3 is 2.87 bits per heavy atom. The molecule has 1 aliphatic rings. The third-order valence-corrected chi connectivity index (χ3v) is 5.01. The lowest BCUT2D eigenvalue weighted by atomic mass is 9.81. The number of hydrogen-bond donors (Lipinski definition) is 1. The van der Waals surface area contributed by atoms with Crippen LogP contribution in [0.1, 0.15) is 55.5 Å². The molecule has 0 spiro atoms. The van der Waals surface area contributed by atoms with Crippen LogP contribution in [0.25, 0.3) is 10.9 Å². The first-order valence-electron chi connectivity index (χ1n) is 8.31. The standard InChI is InChI=1S/C19H22N2O2/c1-4-9-19(18(22)23-5-2)10-8-14-15-13(11-20)7-6-12(3)16(15)21-17(14)19/h6-7,21H,4-5,8-10H2,1-3H3. The van der Waals surface area contributed by atoms with E-state index in [0.717, 1.165) is 53.4 Å². The van der Waals surface area contributed by atoms with Gasteiger partial charge in [0, 0.05) is 11.1 Å². The van der Waals surface area contributed by atoms with Crippen molar-refractivity contribution in [1.29, 1.82) is 5.26 Å². The molecule has 0 radical (unpaired) electrons. The Morgan fingerprint density at radius 1 is 1.43 bits per heavy atom. The highest BCUT2D eigenvalue weighted by Gasteiger charge is 2.48. The Bertz CT molecular complexity index is 813. The number of nitrogens with zero attached hydrogens (tertiary/aromatic N) is 1. The normalized spacial score (nSPS) is 19.6. The fourth-order valence-corrected chi connectivity index (χ4v) is 3.97. The Balaban J connectivity index is 2.26. The maximum atomic E-state index is 12.7. The number of rotatable bonds is 4. The number of nitrogens with one attached hydrogen (secondary N) is 1. The van der Waals surface area contributed by atoms with Crippen molar-refractivity contribution in [2.75, 3.05) is 6.61 Å². The molecular formula is C19H22N2O2. The zero-order chi connectivity index (χ0) is 16.6.